The number of rotatable bonds is 8. The molecular weight excluding hydrogens is 370 g/mol. The van der Waals surface area contributed by atoms with Crippen LogP contribution in [0.2, 0.25) is 0 Å². The van der Waals surface area contributed by atoms with Crippen LogP contribution in [0, 0.1) is 18.3 Å². The Morgan fingerprint density at radius 3 is 2.69 bits per heavy atom. The van der Waals surface area contributed by atoms with Crippen LogP contribution in [0.25, 0.3) is 10.9 Å². The number of nitrogens with zero attached hydrogens (tertiary/aromatic N) is 1. The highest BCUT2D eigenvalue weighted by Crippen LogP contribution is 2.35. The van der Waals surface area contributed by atoms with Gasteiger partial charge in [0.1, 0.15) is 17.9 Å². The van der Waals surface area contributed by atoms with Gasteiger partial charge in [-0.05, 0) is 58.6 Å². The first-order valence-electron chi connectivity index (χ1n) is 10.0. The van der Waals surface area contributed by atoms with Crippen LogP contribution in [0.4, 0.5) is 5.69 Å². The Morgan fingerprint density at radius 1 is 1.31 bits per heavy atom. The molecule has 29 heavy (non-hydrogen) atoms. The molecule has 0 aliphatic heterocycles. The normalized spacial score (nSPS) is 13.9. The maximum absolute atomic E-state index is 12.5. The molecule has 1 aliphatic rings. The maximum Gasteiger partial charge on any atom is 0.342 e. The molecule has 1 amide bonds. The van der Waals surface area contributed by atoms with E-state index in [-0.39, 0.29) is 30.4 Å². The number of nitrogens with one attached hydrogen (secondary N) is 1. The van der Waals surface area contributed by atoms with Crippen molar-refractivity contribution in [1.82, 2.24) is 10.3 Å². The van der Waals surface area contributed by atoms with E-state index in [0.29, 0.717) is 28.3 Å². The highest BCUT2D eigenvalue weighted by Gasteiger charge is 2.31. The van der Waals surface area contributed by atoms with Crippen molar-refractivity contribution in [2.45, 2.75) is 40.5 Å². The fraction of sp³-hybridized carbons (Fsp3) is 0.500. The van der Waals surface area contributed by atoms with Gasteiger partial charge in [-0.2, -0.15) is 0 Å². The largest absolute Gasteiger partial charge is 0.492 e. The van der Waals surface area contributed by atoms with Crippen LogP contribution >= 0.6 is 0 Å². The number of fused-ring (bicyclic) bond motifs is 1. The third kappa shape index (κ3) is 4.60. The summed E-state index contributed by atoms with van der Waals surface area (Å²) in [5, 5.41) is 3.55. The van der Waals surface area contributed by atoms with E-state index in [1.54, 1.807) is 19.9 Å². The fourth-order valence-electron chi connectivity index (χ4n) is 3.14. The molecule has 0 bridgehead atoms. The molecular formula is C22H29N3O4. The zero-order chi connectivity index (χ0) is 21.2. The lowest BCUT2D eigenvalue weighted by Gasteiger charge is -2.24. The molecule has 0 saturated heterocycles. The molecule has 0 unspecified atom stereocenters. The van der Waals surface area contributed by atoms with Gasteiger partial charge < -0.3 is 20.5 Å². The van der Waals surface area contributed by atoms with E-state index in [4.69, 9.17) is 15.2 Å². The first-order valence-corrected chi connectivity index (χ1v) is 10.0. The maximum atomic E-state index is 12.5. The third-order valence-electron chi connectivity index (χ3n) is 5.12. The number of aromatic nitrogens is 1. The minimum absolute atomic E-state index is 0.0428. The van der Waals surface area contributed by atoms with Gasteiger partial charge in [0, 0.05) is 6.54 Å². The molecule has 7 nitrogen and oxygen atoms in total. The number of aryl methyl sites for hydroxylation is 1. The predicted molar refractivity (Wildman–Crippen MR) is 112 cm³/mol. The summed E-state index contributed by atoms with van der Waals surface area (Å²) in [4.78, 5) is 29.4. The zero-order valence-electron chi connectivity index (χ0n) is 17.5. The summed E-state index contributed by atoms with van der Waals surface area (Å²) >= 11 is 0. The second-order valence-electron chi connectivity index (χ2n) is 8.18. The van der Waals surface area contributed by atoms with Crippen molar-refractivity contribution in [3.8, 4) is 5.75 Å². The molecule has 7 heteroatoms. The fourth-order valence-corrected chi connectivity index (χ4v) is 3.14. The van der Waals surface area contributed by atoms with Gasteiger partial charge in [-0.25, -0.2) is 4.79 Å². The predicted octanol–water partition coefficient (Wildman–Crippen LogP) is 3.23. The second-order valence-corrected chi connectivity index (χ2v) is 8.18. The minimum atomic E-state index is -0.714. The molecule has 0 radical (unpaired) electrons. The third-order valence-corrected chi connectivity index (χ3v) is 5.12. The molecule has 1 saturated carbocycles. The van der Waals surface area contributed by atoms with Crippen LogP contribution in [0.15, 0.2) is 18.2 Å². The number of hydrogen-bond donors (Lipinski definition) is 2. The molecule has 0 atom stereocenters. The van der Waals surface area contributed by atoms with Crippen molar-refractivity contribution in [2.24, 2.45) is 11.3 Å². The smallest absolute Gasteiger partial charge is 0.342 e. The number of esters is 1. The van der Waals surface area contributed by atoms with E-state index >= 15 is 0 Å². The molecule has 1 fully saturated rings. The Hall–Kier alpha value is -2.83. The first kappa shape index (κ1) is 20.9. The number of nitrogen functional groups attached to an aromatic ring is 1. The molecule has 3 rings (SSSR count). The van der Waals surface area contributed by atoms with Crippen molar-refractivity contribution in [3.05, 3.63) is 29.5 Å². The van der Waals surface area contributed by atoms with Crippen molar-refractivity contribution < 1.29 is 19.1 Å². The quantitative estimate of drug-likeness (QED) is 0.661. The average Bonchev–Trinajstić information content (AvgIpc) is 3.48. The number of carbonyl (C=O) groups is 2. The Bertz CT molecular complexity index is 935. The van der Waals surface area contributed by atoms with Crippen molar-refractivity contribution in [2.75, 3.05) is 25.5 Å². The van der Waals surface area contributed by atoms with E-state index in [9.17, 15) is 9.59 Å². The summed E-state index contributed by atoms with van der Waals surface area (Å²) in [5.74, 6) is 0.551. The van der Waals surface area contributed by atoms with Crippen LogP contribution < -0.4 is 15.8 Å². The van der Waals surface area contributed by atoms with Gasteiger partial charge in [0.15, 0.2) is 0 Å². The number of anilines is 1. The van der Waals surface area contributed by atoms with Gasteiger partial charge >= 0.3 is 5.97 Å². The van der Waals surface area contributed by atoms with Crippen LogP contribution in [0.1, 0.15) is 49.7 Å². The topological polar surface area (TPSA) is 104 Å². The standard InChI is InChI=1S/C22H29N3O4/c1-5-28-20(26)17-13(2)25-15-7-6-8-16(18(15)19(17)23)29-12-22(3,4)21(27)24-11-14-9-10-14/h6-8,14H,5,9-12H2,1-4H3,(H2,23,25)(H,24,27). The molecule has 0 spiro atoms. The Labute approximate surface area is 171 Å². The number of carbonyl (C=O) groups excluding carboxylic acids is 2. The van der Waals surface area contributed by atoms with Gasteiger partial charge in [-0.1, -0.05) is 6.07 Å². The number of nitrogens with two attached hydrogens (primary N) is 1. The summed E-state index contributed by atoms with van der Waals surface area (Å²) in [6.45, 7) is 8.29. The number of hydrogen-bond acceptors (Lipinski definition) is 6. The van der Waals surface area contributed by atoms with Crippen molar-refractivity contribution in [1.29, 1.82) is 0 Å². The summed E-state index contributed by atoms with van der Waals surface area (Å²) in [6.07, 6.45) is 2.36. The molecule has 1 aromatic carbocycles. The molecule has 156 valence electrons. The van der Waals surface area contributed by atoms with E-state index < -0.39 is 11.4 Å². The summed E-state index contributed by atoms with van der Waals surface area (Å²) in [7, 11) is 0. The van der Waals surface area contributed by atoms with Crippen LogP contribution in [0.5, 0.6) is 5.75 Å². The molecule has 2 aromatic rings. The number of ether oxygens (including phenoxy) is 2. The van der Waals surface area contributed by atoms with Gasteiger partial charge in [0.05, 0.1) is 34.3 Å². The molecule has 1 aliphatic carbocycles. The highest BCUT2D eigenvalue weighted by atomic mass is 16.5. The van der Waals surface area contributed by atoms with Crippen molar-refractivity contribution in [3.63, 3.8) is 0 Å². The average molecular weight is 399 g/mol. The number of benzene rings is 1. The lowest BCUT2D eigenvalue weighted by Crippen LogP contribution is -2.41. The van der Waals surface area contributed by atoms with Gasteiger partial charge in [-0.15, -0.1) is 0 Å². The van der Waals surface area contributed by atoms with Crippen LogP contribution in [0.3, 0.4) is 0 Å². The first-order chi connectivity index (χ1) is 13.7. The lowest BCUT2D eigenvalue weighted by atomic mass is 9.93. The number of pyridine rings is 1. The number of amides is 1. The Morgan fingerprint density at radius 2 is 2.03 bits per heavy atom. The van der Waals surface area contributed by atoms with Gasteiger partial charge in [0.25, 0.3) is 0 Å². The van der Waals surface area contributed by atoms with Gasteiger partial charge in [-0.3, -0.25) is 9.78 Å². The zero-order valence-corrected chi connectivity index (χ0v) is 17.5. The monoisotopic (exact) mass is 399 g/mol. The van der Waals surface area contributed by atoms with Crippen LogP contribution in [-0.4, -0.2) is 36.6 Å². The molecule has 3 N–H and O–H groups in total. The van der Waals surface area contributed by atoms with Gasteiger partial charge in [0.2, 0.25) is 5.91 Å². The molecule has 1 heterocycles. The summed E-state index contributed by atoms with van der Waals surface area (Å²) in [6, 6.07) is 5.39. The summed E-state index contributed by atoms with van der Waals surface area (Å²) in [5.41, 5.74) is 7.28. The Kier molecular flexibility index (Phi) is 5.96. The second kappa shape index (κ2) is 8.27. The highest BCUT2D eigenvalue weighted by molar-refractivity contribution is 6.07. The lowest BCUT2D eigenvalue weighted by molar-refractivity contribution is -0.130. The van der Waals surface area contributed by atoms with E-state index in [2.05, 4.69) is 10.3 Å². The van der Waals surface area contributed by atoms with E-state index in [1.165, 1.54) is 12.8 Å². The van der Waals surface area contributed by atoms with E-state index in [1.807, 2.05) is 26.0 Å². The van der Waals surface area contributed by atoms with Crippen LogP contribution in [-0.2, 0) is 9.53 Å². The minimum Gasteiger partial charge on any atom is -0.492 e. The Balaban J connectivity index is 1.86. The molecule has 1 aromatic heterocycles. The van der Waals surface area contributed by atoms with E-state index in [0.717, 1.165) is 6.54 Å². The van der Waals surface area contributed by atoms with Crippen molar-refractivity contribution >= 4 is 28.5 Å². The summed E-state index contributed by atoms with van der Waals surface area (Å²) < 4.78 is 11.1. The SMILES string of the molecule is CCOC(=O)c1c(C)nc2cccc(OCC(C)(C)C(=O)NCC3CC3)c2c1N.